The van der Waals surface area contributed by atoms with Crippen molar-refractivity contribution in [1.82, 2.24) is 9.55 Å². The van der Waals surface area contributed by atoms with Gasteiger partial charge in [-0.1, -0.05) is 0 Å². The number of hydrogen-bond donors (Lipinski definition) is 1. The maximum Gasteiger partial charge on any atom is 0.287 e. The third kappa shape index (κ3) is 3.32. The van der Waals surface area contributed by atoms with Crippen molar-refractivity contribution in [2.75, 3.05) is 11.9 Å². The van der Waals surface area contributed by atoms with Crippen LogP contribution < -0.4 is 5.32 Å². The monoisotopic (exact) mass is 271 g/mol. The summed E-state index contributed by atoms with van der Waals surface area (Å²) in [4.78, 5) is 14.1. The maximum absolute atomic E-state index is 10.7. The zero-order chi connectivity index (χ0) is 14.4. The lowest BCUT2D eigenvalue weighted by molar-refractivity contribution is -0.385. The van der Waals surface area contributed by atoms with Crippen LogP contribution in [-0.4, -0.2) is 21.0 Å². The van der Waals surface area contributed by atoms with Gasteiger partial charge in [-0.15, -0.1) is 0 Å². The molecule has 0 bridgehead atoms. The molecule has 2 rings (SSSR count). The molecule has 0 atom stereocenters. The number of aromatic nitrogens is 2. The zero-order valence-corrected chi connectivity index (χ0v) is 10.7. The molecule has 0 aliphatic heterocycles. The fourth-order valence-electron chi connectivity index (χ4n) is 1.81. The Morgan fingerprint density at radius 3 is 3.00 bits per heavy atom. The van der Waals surface area contributed by atoms with Gasteiger partial charge in [0, 0.05) is 37.2 Å². The number of nitro groups is 1. The molecule has 2 aromatic rings. The Labute approximate surface area is 115 Å². The number of imidazole rings is 1. The van der Waals surface area contributed by atoms with Gasteiger partial charge in [-0.05, 0) is 18.6 Å². The highest BCUT2D eigenvalue weighted by Crippen LogP contribution is 2.21. The summed E-state index contributed by atoms with van der Waals surface area (Å²) in [5, 5.41) is 22.7. The number of nitrogens with one attached hydrogen (secondary N) is 1. The lowest BCUT2D eigenvalue weighted by atomic mass is 10.1. The molecule has 7 nitrogen and oxygen atoms in total. The second-order valence-electron chi connectivity index (χ2n) is 4.18. The molecule has 1 N–H and O–H groups in total. The van der Waals surface area contributed by atoms with E-state index in [1.165, 1.54) is 12.1 Å². The first kappa shape index (κ1) is 13.5. The summed E-state index contributed by atoms with van der Waals surface area (Å²) in [6.07, 6.45) is 6.25. The van der Waals surface area contributed by atoms with Gasteiger partial charge < -0.3 is 9.88 Å². The number of anilines is 1. The predicted molar refractivity (Wildman–Crippen MR) is 73.1 cm³/mol. The van der Waals surface area contributed by atoms with Crippen molar-refractivity contribution in [3.63, 3.8) is 0 Å². The van der Waals surface area contributed by atoms with Gasteiger partial charge in [0.2, 0.25) is 0 Å². The molecule has 0 spiro atoms. The van der Waals surface area contributed by atoms with Crippen molar-refractivity contribution in [1.29, 1.82) is 5.26 Å². The molecule has 0 fully saturated rings. The average Bonchev–Trinajstić information content (AvgIpc) is 2.96. The SMILES string of the molecule is N#Cc1cc(NCCCn2ccnc2)ccc1[N+](=O)[O-]. The van der Waals surface area contributed by atoms with E-state index in [1.807, 2.05) is 16.8 Å². The third-order valence-corrected chi connectivity index (χ3v) is 2.80. The highest BCUT2D eigenvalue weighted by atomic mass is 16.6. The molecule has 102 valence electrons. The van der Waals surface area contributed by atoms with Gasteiger partial charge >= 0.3 is 0 Å². The van der Waals surface area contributed by atoms with Crippen LogP contribution in [0.15, 0.2) is 36.9 Å². The van der Waals surface area contributed by atoms with Gasteiger partial charge in [-0.25, -0.2) is 4.98 Å². The molecule has 1 aromatic heterocycles. The number of hydrogen-bond acceptors (Lipinski definition) is 5. The fourth-order valence-corrected chi connectivity index (χ4v) is 1.81. The van der Waals surface area contributed by atoms with Gasteiger partial charge in [0.1, 0.15) is 11.6 Å². The third-order valence-electron chi connectivity index (χ3n) is 2.80. The fraction of sp³-hybridized carbons (Fsp3) is 0.231. The average molecular weight is 271 g/mol. The Morgan fingerprint density at radius 1 is 1.50 bits per heavy atom. The first-order chi connectivity index (χ1) is 9.70. The minimum Gasteiger partial charge on any atom is -0.385 e. The zero-order valence-electron chi connectivity index (χ0n) is 10.7. The van der Waals surface area contributed by atoms with E-state index in [2.05, 4.69) is 10.3 Å². The van der Waals surface area contributed by atoms with Gasteiger partial charge in [-0.2, -0.15) is 5.26 Å². The number of aryl methyl sites for hydroxylation is 1. The van der Waals surface area contributed by atoms with Crippen molar-refractivity contribution in [2.45, 2.75) is 13.0 Å². The normalized spacial score (nSPS) is 9.95. The first-order valence-corrected chi connectivity index (χ1v) is 6.09. The molecule has 0 amide bonds. The highest BCUT2D eigenvalue weighted by Gasteiger charge is 2.13. The Hall–Kier alpha value is -2.88. The van der Waals surface area contributed by atoms with Crippen LogP contribution in [0.3, 0.4) is 0 Å². The van der Waals surface area contributed by atoms with Crippen molar-refractivity contribution >= 4 is 11.4 Å². The second kappa shape index (κ2) is 6.33. The van der Waals surface area contributed by atoms with E-state index in [9.17, 15) is 10.1 Å². The van der Waals surface area contributed by atoms with Crippen LogP contribution in [0.5, 0.6) is 0 Å². The highest BCUT2D eigenvalue weighted by molar-refractivity contribution is 5.58. The van der Waals surface area contributed by atoms with Crippen LogP contribution >= 0.6 is 0 Å². The lowest BCUT2D eigenvalue weighted by Gasteiger charge is -2.07. The van der Waals surface area contributed by atoms with E-state index in [-0.39, 0.29) is 11.3 Å². The van der Waals surface area contributed by atoms with Crippen molar-refractivity contribution < 1.29 is 4.92 Å². The lowest BCUT2D eigenvalue weighted by Crippen LogP contribution is -2.06. The summed E-state index contributed by atoms with van der Waals surface area (Å²) in [5.74, 6) is 0. The van der Waals surface area contributed by atoms with Gasteiger partial charge in [-0.3, -0.25) is 10.1 Å². The Morgan fingerprint density at radius 2 is 2.35 bits per heavy atom. The van der Waals surface area contributed by atoms with Gasteiger partial charge in [0.25, 0.3) is 5.69 Å². The first-order valence-electron chi connectivity index (χ1n) is 6.09. The topological polar surface area (TPSA) is 96.8 Å². The molecular formula is C13H13N5O2. The van der Waals surface area contributed by atoms with Crippen molar-refractivity contribution in [3.8, 4) is 6.07 Å². The molecular weight excluding hydrogens is 258 g/mol. The molecule has 1 heterocycles. The van der Waals surface area contributed by atoms with Crippen LogP contribution in [0.4, 0.5) is 11.4 Å². The molecule has 0 saturated heterocycles. The smallest absolute Gasteiger partial charge is 0.287 e. The number of nitrogens with zero attached hydrogens (tertiary/aromatic N) is 4. The van der Waals surface area contributed by atoms with Gasteiger partial charge in [0.15, 0.2) is 0 Å². The van der Waals surface area contributed by atoms with Crippen LogP contribution in [0.1, 0.15) is 12.0 Å². The van der Waals surface area contributed by atoms with E-state index in [0.717, 1.165) is 13.0 Å². The van der Waals surface area contributed by atoms with E-state index >= 15 is 0 Å². The molecule has 0 aliphatic carbocycles. The van der Waals surface area contributed by atoms with E-state index in [4.69, 9.17) is 5.26 Å². The molecule has 0 saturated carbocycles. The largest absolute Gasteiger partial charge is 0.385 e. The number of nitriles is 1. The van der Waals surface area contributed by atoms with Crippen LogP contribution in [0, 0.1) is 21.4 Å². The Kier molecular flexibility index (Phi) is 4.29. The summed E-state index contributed by atoms with van der Waals surface area (Å²) in [7, 11) is 0. The van der Waals surface area contributed by atoms with Crippen LogP contribution in [-0.2, 0) is 6.54 Å². The van der Waals surface area contributed by atoms with E-state index in [1.54, 1.807) is 18.6 Å². The van der Waals surface area contributed by atoms with Crippen molar-refractivity contribution in [2.24, 2.45) is 0 Å². The number of rotatable bonds is 6. The second-order valence-corrected chi connectivity index (χ2v) is 4.18. The number of nitro benzene ring substituents is 1. The maximum atomic E-state index is 10.7. The van der Waals surface area contributed by atoms with Gasteiger partial charge in [0.05, 0.1) is 11.3 Å². The van der Waals surface area contributed by atoms with Crippen LogP contribution in [0.25, 0.3) is 0 Å². The summed E-state index contributed by atoms with van der Waals surface area (Å²) in [5.41, 5.74) is 0.601. The molecule has 0 radical (unpaired) electrons. The van der Waals surface area contributed by atoms with E-state index < -0.39 is 4.92 Å². The predicted octanol–water partition coefficient (Wildman–Crippen LogP) is 2.17. The quantitative estimate of drug-likeness (QED) is 0.493. The minimum absolute atomic E-state index is 0.0645. The Balaban J connectivity index is 1.90. The molecule has 0 unspecified atom stereocenters. The standard InChI is InChI=1S/C13H13N5O2/c14-9-11-8-12(2-3-13(11)18(19)20)16-4-1-6-17-7-5-15-10-17/h2-3,5,7-8,10,16H,1,4,6H2. The van der Waals surface area contributed by atoms with Crippen molar-refractivity contribution in [3.05, 3.63) is 52.6 Å². The van der Waals surface area contributed by atoms with E-state index in [0.29, 0.717) is 12.2 Å². The summed E-state index contributed by atoms with van der Waals surface area (Å²) in [6, 6.07) is 6.28. The minimum atomic E-state index is -0.554. The van der Waals surface area contributed by atoms with Crippen LogP contribution in [0.2, 0.25) is 0 Å². The molecule has 1 aromatic carbocycles. The Bertz CT molecular complexity index is 631. The number of benzene rings is 1. The summed E-state index contributed by atoms with van der Waals surface area (Å²) >= 11 is 0. The molecule has 20 heavy (non-hydrogen) atoms. The summed E-state index contributed by atoms with van der Waals surface area (Å²) in [6.45, 7) is 1.55. The molecule has 7 heteroatoms. The summed E-state index contributed by atoms with van der Waals surface area (Å²) < 4.78 is 1.97. The molecule has 0 aliphatic rings.